The van der Waals surface area contributed by atoms with Crippen molar-refractivity contribution >= 4 is 0 Å². The summed E-state index contributed by atoms with van der Waals surface area (Å²) in [5.41, 5.74) is 1.32. The molecule has 0 aromatic carbocycles. The average Bonchev–Trinajstić information content (AvgIpc) is 2.47. The number of nitrogens with zero attached hydrogens (tertiary/aromatic N) is 2. The lowest BCUT2D eigenvalue weighted by molar-refractivity contribution is 0.355. The third-order valence-corrected chi connectivity index (χ3v) is 2.04. The van der Waals surface area contributed by atoms with Crippen LogP contribution in [0.3, 0.4) is 0 Å². The number of rotatable bonds is 3. The molecule has 1 aromatic heterocycles. The molecule has 0 saturated heterocycles. The molecule has 1 N–H and O–H groups in total. The predicted molar refractivity (Wildman–Crippen MR) is 59.2 cm³/mol. The molecule has 0 radical (unpaired) electrons. The zero-order valence-electron chi connectivity index (χ0n) is 9.83. The SMILES string of the molecule is CC(C)NCc1cnn(C(C)(C)C)c1. The molecule has 0 fully saturated rings. The van der Waals surface area contributed by atoms with Crippen LogP contribution in [0.4, 0.5) is 0 Å². The van der Waals surface area contributed by atoms with Gasteiger partial charge in [-0.05, 0) is 20.8 Å². The van der Waals surface area contributed by atoms with Crippen LogP contribution in [0, 0.1) is 0 Å². The molecule has 80 valence electrons. The van der Waals surface area contributed by atoms with Crippen LogP contribution in [-0.4, -0.2) is 15.8 Å². The van der Waals surface area contributed by atoms with Gasteiger partial charge in [0.2, 0.25) is 0 Å². The number of hydrogen-bond acceptors (Lipinski definition) is 2. The minimum absolute atomic E-state index is 0.0794. The maximum atomic E-state index is 4.34. The Balaban J connectivity index is 2.60. The molecule has 0 aliphatic carbocycles. The van der Waals surface area contributed by atoms with Crippen LogP contribution >= 0.6 is 0 Å². The monoisotopic (exact) mass is 195 g/mol. The quantitative estimate of drug-likeness (QED) is 0.800. The number of hydrogen-bond donors (Lipinski definition) is 1. The minimum Gasteiger partial charge on any atom is -0.310 e. The Kier molecular flexibility index (Phi) is 3.32. The van der Waals surface area contributed by atoms with Gasteiger partial charge in [0, 0.05) is 24.3 Å². The van der Waals surface area contributed by atoms with Gasteiger partial charge in [-0.15, -0.1) is 0 Å². The van der Waals surface area contributed by atoms with E-state index in [1.165, 1.54) is 5.56 Å². The van der Waals surface area contributed by atoms with E-state index in [0.717, 1.165) is 6.54 Å². The van der Waals surface area contributed by atoms with Crippen molar-refractivity contribution in [2.75, 3.05) is 0 Å². The van der Waals surface area contributed by atoms with Gasteiger partial charge < -0.3 is 5.32 Å². The lowest BCUT2D eigenvalue weighted by atomic mass is 10.1. The maximum absolute atomic E-state index is 4.34. The van der Waals surface area contributed by atoms with Gasteiger partial charge in [-0.25, -0.2) is 0 Å². The van der Waals surface area contributed by atoms with E-state index in [-0.39, 0.29) is 5.54 Å². The van der Waals surface area contributed by atoms with Gasteiger partial charge in [-0.2, -0.15) is 5.10 Å². The summed E-state index contributed by atoms with van der Waals surface area (Å²) < 4.78 is 2.00. The highest BCUT2D eigenvalue weighted by Gasteiger charge is 2.13. The number of aromatic nitrogens is 2. The van der Waals surface area contributed by atoms with Gasteiger partial charge in [0.1, 0.15) is 0 Å². The molecule has 14 heavy (non-hydrogen) atoms. The molecule has 3 nitrogen and oxygen atoms in total. The molecule has 0 amide bonds. The van der Waals surface area contributed by atoms with Crippen molar-refractivity contribution in [2.24, 2.45) is 0 Å². The van der Waals surface area contributed by atoms with E-state index in [0.29, 0.717) is 6.04 Å². The van der Waals surface area contributed by atoms with Gasteiger partial charge in [0.05, 0.1) is 11.7 Å². The molecule has 1 rings (SSSR count). The summed E-state index contributed by atoms with van der Waals surface area (Å²) in [6.07, 6.45) is 4.04. The van der Waals surface area contributed by atoms with Gasteiger partial charge in [0.15, 0.2) is 0 Å². The molecule has 0 saturated carbocycles. The smallest absolute Gasteiger partial charge is 0.0543 e. The Bertz CT molecular complexity index is 281. The van der Waals surface area contributed by atoms with Crippen LogP contribution in [-0.2, 0) is 12.1 Å². The van der Waals surface area contributed by atoms with Crippen molar-refractivity contribution in [1.82, 2.24) is 15.1 Å². The summed E-state index contributed by atoms with van der Waals surface area (Å²) in [5.74, 6) is 0. The van der Waals surface area contributed by atoms with Crippen LogP contribution < -0.4 is 5.32 Å². The Morgan fingerprint density at radius 1 is 1.43 bits per heavy atom. The molecule has 1 heterocycles. The van der Waals surface area contributed by atoms with Crippen molar-refractivity contribution in [3.63, 3.8) is 0 Å². The standard InChI is InChI=1S/C11H21N3/c1-9(2)12-6-10-7-13-14(8-10)11(3,4)5/h7-9,12H,6H2,1-5H3. The van der Waals surface area contributed by atoms with E-state index >= 15 is 0 Å². The maximum Gasteiger partial charge on any atom is 0.0543 e. The lowest BCUT2D eigenvalue weighted by Gasteiger charge is -2.18. The number of nitrogens with one attached hydrogen (secondary N) is 1. The van der Waals surface area contributed by atoms with Crippen molar-refractivity contribution < 1.29 is 0 Å². The molecule has 0 spiro atoms. The van der Waals surface area contributed by atoms with E-state index < -0.39 is 0 Å². The first-order valence-corrected chi connectivity index (χ1v) is 5.17. The highest BCUT2D eigenvalue weighted by atomic mass is 15.3. The summed E-state index contributed by atoms with van der Waals surface area (Å²) in [5, 5.41) is 7.72. The third kappa shape index (κ3) is 3.14. The van der Waals surface area contributed by atoms with Gasteiger partial charge in [-0.1, -0.05) is 13.8 Å². The molecular weight excluding hydrogens is 174 g/mol. The molecule has 3 heteroatoms. The molecule has 0 aliphatic heterocycles. The minimum atomic E-state index is 0.0794. The zero-order chi connectivity index (χ0) is 10.8. The van der Waals surface area contributed by atoms with Crippen molar-refractivity contribution in [2.45, 2.75) is 52.7 Å². The first-order chi connectivity index (χ1) is 6.39. The van der Waals surface area contributed by atoms with Crippen LogP contribution in [0.2, 0.25) is 0 Å². The second kappa shape index (κ2) is 4.13. The Hall–Kier alpha value is -0.830. The Morgan fingerprint density at radius 2 is 2.07 bits per heavy atom. The van der Waals surface area contributed by atoms with Crippen molar-refractivity contribution in [3.8, 4) is 0 Å². The first-order valence-electron chi connectivity index (χ1n) is 5.17. The van der Waals surface area contributed by atoms with Crippen LogP contribution in [0.1, 0.15) is 40.2 Å². The summed E-state index contributed by atoms with van der Waals surface area (Å²) in [4.78, 5) is 0. The summed E-state index contributed by atoms with van der Waals surface area (Å²) in [6.45, 7) is 11.6. The summed E-state index contributed by atoms with van der Waals surface area (Å²) >= 11 is 0. The van der Waals surface area contributed by atoms with Crippen molar-refractivity contribution in [1.29, 1.82) is 0 Å². The molecule has 0 aliphatic rings. The topological polar surface area (TPSA) is 29.9 Å². The highest BCUT2D eigenvalue weighted by molar-refractivity contribution is 5.04. The molecular formula is C11H21N3. The second-order valence-corrected chi connectivity index (χ2v) is 5.00. The zero-order valence-corrected chi connectivity index (χ0v) is 9.83. The van der Waals surface area contributed by atoms with Gasteiger partial charge >= 0.3 is 0 Å². The lowest BCUT2D eigenvalue weighted by Crippen LogP contribution is -2.23. The molecule has 0 unspecified atom stereocenters. The molecule has 1 aromatic rings. The Morgan fingerprint density at radius 3 is 2.50 bits per heavy atom. The average molecular weight is 195 g/mol. The van der Waals surface area contributed by atoms with Crippen LogP contribution in [0.25, 0.3) is 0 Å². The first kappa shape index (κ1) is 11.2. The highest BCUT2D eigenvalue weighted by Crippen LogP contribution is 2.12. The summed E-state index contributed by atoms with van der Waals surface area (Å²) in [6, 6.07) is 0.521. The van der Waals surface area contributed by atoms with E-state index in [4.69, 9.17) is 0 Å². The third-order valence-electron chi connectivity index (χ3n) is 2.04. The predicted octanol–water partition coefficient (Wildman–Crippen LogP) is 2.14. The van der Waals surface area contributed by atoms with E-state index in [1.54, 1.807) is 0 Å². The fraction of sp³-hybridized carbons (Fsp3) is 0.727. The molecule has 0 atom stereocenters. The van der Waals surface area contributed by atoms with E-state index in [9.17, 15) is 0 Å². The van der Waals surface area contributed by atoms with E-state index in [1.807, 2.05) is 10.9 Å². The normalized spacial score (nSPS) is 12.4. The second-order valence-electron chi connectivity index (χ2n) is 5.00. The van der Waals surface area contributed by atoms with Crippen LogP contribution in [0.15, 0.2) is 12.4 Å². The fourth-order valence-corrected chi connectivity index (χ4v) is 1.14. The summed E-state index contributed by atoms with van der Waals surface area (Å²) in [7, 11) is 0. The van der Waals surface area contributed by atoms with E-state index in [2.05, 4.69) is 51.2 Å². The van der Waals surface area contributed by atoms with Gasteiger partial charge in [-0.3, -0.25) is 4.68 Å². The van der Waals surface area contributed by atoms with Crippen LogP contribution in [0.5, 0.6) is 0 Å². The fourth-order valence-electron chi connectivity index (χ4n) is 1.14. The Labute approximate surface area is 86.5 Å². The molecule has 0 bridgehead atoms. The largest absolute Gasteiger partial charge is 0.310 e. The van der Waals surface area contributed by atoms with Gasteiger partial charge in [0.25, 0.3) is 0 Å². The van der Waals surface area contributed by atoms with Crippen molar-refractivity contribution in [3.05, 3.63) is 18.0 Å².